The van der Waals surface area contributed by atoms with Crippen LogP contribution < -0.4 is 0 Å². The molecule has 0 amide bonds. The van der Waals surface area contributed by atoms with Gasteiger partial charge in [0.05, 0.1) is 17.2 Å². The minimum atomic E-state index is -3.24. The third-order valence-corrected chi connectivity index (χ3v) is 4.94. The normalized spacial score (nSPS) is 15.6. The molecule has 0 atom stereocenters. The first-order valence-corrected chi connectivity index (χ1v) is 7.95. The van der Waals surface area contributed by atoms with Crippen LogP contribution in [0, 0.1) is 0 Å². The van der Waals surface area contributed by atoms with E-state index in [1.807, 2.05) is 24.3 Å². The Labute approximate surface area is 115 Å². The van der Waals surface area contributed by atoms with Crippen molar-refractivity contribution in [3.8, 4) is 0 Å². The Morgan fingerprint density at radius 2 is 2.00 bits per heavy atom. The molecule has 1 aromatic rings. The van der Waals surface area contributed by atoms with E-state index in [2.05, 4.69) is 25.8 Å². The van der Waals surface area contributed by atoms with Crippen molar-refractivity contribution in [2.24, 2.45) is 4.99 Å². The van der Waals surface area contributed by atoms with Crippen molar-refractivity contribution in [1.29, 1.82) is 0 Å². The van der Waals surface area contributed by atoms with Gasteiger partial charge in [0.1, 0.15) is 0 Å². The lowest BCUT2D eigenvalue weighted by Crippen LogP contribution is -2.13. The number of aliphatic imine (C=N–C) groups is 1. The summed E-state index contributed by atoms with van der Waals surface area (Å²) in [5.74, 6) is 0.0477. The lowest BCUT2D eigenvalue weighted by atomic mass is 9.86. The van der Waals surface area contributed by atoms with Crippen LogP contribution in [0.5, 0.6) is 0 Å². The number of hydrogen-bond acceptors (Lipinski definition) is 3. The van der Waals surface area contributed by atoms with Crippen molar-refractivity contribution in [2.45, 2.75) is 31.9 Å². The molecule has 0 aromatic heterocycles. The van der Waals surface area contributed by atoms with E-state index in [0.29, 0.717) is 4.91 Å². The predicted octanol–water partition coefficient (Wildman–Crippen LogP) is 2.87. The van der Waals surface area contributed by atoms with Gasteiger partial charge in [-0.3, -0.25) is 4.99 Å². The van der Waals surface area contributed by atoms with E-state index >= 15 is 0 Å². The molecule has 0 unspecified atom stereocenters. The molecular formula is C15H19NO2S. The Hall–Kier alpha value is -1.42. The van der Waals surface area contributed by atoms with E-state index < -0.39 is 9.84 Å². The van der Waals surface area contributed by atoms with Crippen LogP contribution in [0.4, 0.5) is 0 Å². The Morgan fingerprint density at radius 1 is 1.26 bits per heavy atom. The van der Waals surface area contributed by atoms with Crippen LogP contribution in [-0.4, -0.2) is 21.2 Å². The predicted molar refractivity (Wildman–Crippen MR) is 79.2 cm³/mol. The summed E-state index contributed by atoms with van der Waals surface area (Å²) in [4.78, 5) is 4.34. The molecule has 1 aliphatic heterocycles. The molecule has 0 spiro atoms. The van der Waals surface area contributed by atoms with Crippen molar-refractivity contribution in [3.05, 3.63) is 46.4 Å². The van der Waals surface area contributed by atoms with Gasteiger partial charge in [-0.05, 0) is 22.6 Å². The quantitative estimate of drug-likeness (QED) is 0.853. The zero-order valence-corrected chi connectivity index (χ0v) is 12.4. The standard InChI is InChI=1S/C15H19NO2S/c1-15(2,3)13-6-4-5-12(9-13)11-19(17,18)14-7-8-16-10-14/h4-9H,10-11H2,1-3H3. The first kappa shape index (κ1) is 14.0. The summed E-state index contributed by atoms with van der Waals surface area (Å²) in [7, 11) is -3.24. The highest BCUT2D eigenvalue weighted by molar-refractivity contribution is 7.94. The topological polar surface area (TPSA) is 46.5 Å². The van der Waals surface area contributed by atoms with Gasteiger partial charge in [0.15, 0.2) is 9.84 Å². The van der Waals surface area contributed by atoms with Crippen LogP contribution in [-0.2, 0) is 21.0 Å². The monoisotopic (exact) mass is 277 g/mol. The van der Waals surface area contributed by atoms with Crippen molar-refractivity contribution in [3.63, 3.8) is 0 Å². The maximum atomic E-state index is 12.2. The van der Waals surface area contributed by atoms with Crippen molar-refractivity contribution in [2.75, 3.05) is 6.54 Å². The molecular weight excluding hydrogens is 258 g/mol. The molecule has 1 aromatic carbocycles. The van der Waals surface area contributed by atoms with Gasteiger partial charge in [-0.2, -0.15) is 0 Å². The Morgan fingerprint density at radius 3 is 2.58 bits per heavy atom. The van der Waals surface area contributed by atoms with Crippen molar-refractivity contribution in [1.82, 2.24) is 0 Å². The molecule has 19 heavy (non-hydrogen) atoms. The van der Waals surface area contributed by atoms with E-state index in [-0.39, 0.29) is 17.7 Å². The second kappa shape index (κ2) is 4.93. The lowest BCUT2D eigenvalue weighted by Gasteiger charge is -2.19. The molecule has 0 N–H and O–H groups in total. The fourth-order valence-corrected chi connectivity index (χ4v) is 3.32. The van der Waals surface area contributed by atoms with Gasteiger partial charge in [-0.25, -0.2) is 8.42 Å². The summed E-state index contributed by atoms with van der Waals surface area (Å²) >= 11 is 0. The van der Waals surface area contributed by atoms with E-state index in [1.165, 1.54) is 0 Å². The second-order valence-corrected chi connectivity index (χ2v) is 7.87. The van der Waals surface area contributed by atoms with E-state index in [4.69, 9.17) is 0 Å². The van der Waals surface area contributed by atoms with E-state index in [1.54, 1.807) is 12.3 Å². The third kappa shape index (κ3) is 3.32. The van der Waals surface area contributed by atoms with Gasteiger partial charge in [0, 0.05) is 6.21 Å². The summed E-state index contributed by atoms with van der Waals surface area (Å²) in [6.07, 6.45) is 3.14. The summed E-state index contributed by atoms with van der Waals surface area (Å²) in [5.41, 5.74) is 2.01. The summed E-state index contributed by atoms with van der Waals surface area (Å²) in [5, 5.41) is 0. The van der Waals surface area contributed by atoms with E-state index in [9.17, 15) is 8.42 Å². The van der Waals surface area contributed by atoms with Crippen molar-refractivity contribution < 1.29 is 8.42 Å². The molecule has 2 rings (SSSR count). The SMILES string of the molecule is CC(C)(C)c1cccc(CS(=O)(=O)C2=CC=NC2)c1. The Bertz CT molecular complexity index is 634. The van der Waals surface area contributed by atoms with Gasteiger partial charge in [-0.15, -0.1) is 0 Å². The van der Waals surface area contributed by atoms with Crippen LogP contribution in [0.25, 0.3) is 0 Å². The molecule has 1 aliphatic rings. The molecule has 102 valence electrons. The highest BCUT2D eigenvalue weighted by Gasteiger charge is 2.21. The number of nitrogens with zero attached hydrogens (tertiary/aromatic N) is 1. The Balaban J connectivity index is 2.25. The molecule has 1 heterocycles. The molecule has 3 nitrogen and oxygen atoms in total. The lowest BCUT2D eigenvalue weighted by molar-refractivity contribution is 0.588. The minimum Gasteiger partial charge on any atom is -0.288 e. The van der Waals surface area contributed by atoms with Crippen LogP contribution in [0.15, 0.2) is 40.2 Å². The van der Waals surface area contributed by atoms with Crippen molar-refractivity contribution >= 4 is 16.1 Å². The maximum absolute atomic E-state index is 12.2. The fourth-order valence-electron chi connectivity index (χ4n) is 1.97. The molecule has 4 heteroatoms. The Kier molecular flexibility index (Phi) is 3.63. The highest BCUT2D eigenvalue weighted by Crippen LogP contribution is 2.24. The molecule has 0 fully saturated rings. The highest BCUT2D eigenvalue weighted by atomic mass is 32.2. The first-order chi connectivity index (χ1) is 8.79. The van der Waals surface area contributed by atoms with Gasteiger partial charge >= 0.3 is 0 Å². The first-order valence-electron chi connectivity index (χ1n) is 6.30. The largest absolute Gasteiger partial charge is 0.288 e. The average molecular weight is 277 g/mol. The minimum absolute atomic E-state index is 0.0233. The maximum Gasteiger partial charge on any atom is 0.180 e. The number of rotatable bonds is 3. The van der Waals surface area contributed by atoms with E-state index in [0.717, 1.165) is 11.1 Å². The molecule has 0 saturated carbocycles. The molecule has 0 saturated heterocycles. The summed E-state index contributed by atoms with van der Waals surface area (Å²) < 4.78 is 24.4. The fraction of sp³-hybridized carbons (Fsp3) is 0.400. The molecule has 0 radical (unpaired) electrons. The smallest absolute Gasteiger partial charge is 0.180 e. The van der Waals surface area contributed by atoms with Gasteiger partial charge in [0.2, 0.25) is 0 Å². The molecule has 0 aliphatic carbocycles. The number of benzene rings is 1. The molecule has 0 bridgehead atoms. The van der Waals surface area contributed by atoms with Crippen LogP contribution >= 0.6 is 0 Å². The number of sulfone groups is 1. The third-order valence-electron chi connectivity index (χ3n) is 3.16. The number of allylic oxidation sites excluding steroid dienone is 1. The zero-order valence-electron chi connectivity index (χ0n) is 11.6. The van der Waals surface area contributed by atoms with Crippen LogP contribution in [0.2, 0.25) is 0 Å². The van der Waals surface area contributed by atoms with Crippen LogP contribution in [0.3, 0.4) is 0 Å². The zero-order chi connectivity index (χ0) is 14.1. The summed E-state index contributed by atoms with van der Waals surface area (Å²) in [6.45, 7) is 6.64. The summed E-state index contributed by atoms with van der Waals surface area (Å²) in [6, 6.07) is 7.80. The second-order valence-electron chi connectivity index (χ2n) is 5.83. The van der Waals surface area contributed by atoms with Crippen LogP contribution in [0.1, 0.15) is 31.9 Å². The number of hydrogen-bond donors (Lipinski definition) is 0. The van der Waals surface area contributed by atoms with Gasteiger partial charge in [0.25, 0.3) is 0 Å². The average Bonchev–Trinajstić information content (AvgIpc) is 2.81. The van der Waals surface area contributed by atoms with Gasteiger partial charge in [-0.1, -0.05) is 45.0 Å². The van der Waals surface area contributed by atoms with Gasteiger partial charge < -0.3 is 0 Å².